The van der Waals surface area contributed by atoms with Crippen molar-refractivity contribution in [2.45, 2.75) is 69.2 Å². The Morgan fingerprint density at radius 3 is 1.18 bits per heavy atom. The van der Waals surface area contributed by atoms with Crippen LogP contribution in [0.15, 0.2) is 0 Å². The first-order valence-electron chi connectivity index (χ1n) is 10.1. The molecule has 0 aliphatic heterocycles. The quantitative estimate of drug-likeness (QED) is 0.311. The zero-order valence-electron chi connectivity index (χ0n) is 18.9. The second kappa shape index (κ2) is 6.01. The van der Waals surface area contributed by atoms with Crippen molar-refractivity contribution in [2.75, 3.05) is 0 Å². The molecule has 1 heterocycles. The van der Waals surface area contributed by atoms with Crippen LogP contribution in [-0.4, -0.2) is 9.97 Å². The molecule has 0 fully saturated rings. The first-order chi connectivity index (χ1) is 13.1. The minimum atomic E-state index is 0.846. The van der Waals surface area contributed by atoms with Crippen molar-refractivity contribution in [3.63, 3.8) is 0 Å². The smallest absolute Gasteiger partial charge is 0.126 e. The van der Waals surface area contributed by atoms with Gasteiger partial charge in [-0.3, -0.25) is 0 Å². The predicted molar refractivity (Wildman–Crippen MR) is 122 cm³/mol. The number of rotatable bonds is 0. The molecule has 0 aliphatic carbocycles. The van der Waals surface area contributed by atoms with Gasteiger partial charge in [-0.15, -0.1) is 0 Å². The van der Waals surface area contributed by atoms with Gasteiger partial charge in [0.25, 0.3) is 0 Å². The molecule has 0 saturated carbocycles. The van der Waals surface area contributed by atoms with E-state index in [0.717, 1.165) is 17.0 Å². The fraction of sp³-hybridized carbons (Fsp3) is 0.385. The van der Waals surface area contributed by atoms with Gasteiger partial charge >= 0.3 is 0 Å². The lowest BCUT2D eigenvalue weighted by atomic mass is 9.82. The van der Waals surface area contributed by atoms with Crippen LogP contribution in [0, 0.1) is 69.2 Å². The van der Waals surface area contributed by atoms with Crippen LogP contribution >= 0.6 is 0 Å². The third-order valence-electron chi connectivity index (χ3n) is 7.31. The van der Waals surface area contributed by atoms with E-state index < -0.39 is 0 Å². The highest BCUT2D eigenvalue weighted by molar-refractivity contribution is 6.28. The Morgan fingerprint density at radius 2 is 0.714 bits per heavy atom. The Balaban J connectivity index is 2.60. The van der Waals surface area contributed by atoms with E-state index in [1.165, 1.54) is 71.4 Å². The molecule has 4 aromatic rings. The molecule has 1 aromatic heterocycles. The summed E-state index contributed by atoms with van der Waals surface area (Å²) in [6, 6.07) is 0. The number of hydrogen-bond acceptors (Lipinski definition) is 2. The van der Waals surface area contributed by atoms with Gasteiger partial charge in [0.15, 0.2) is 0 Å². The molecule has 2 nitrogen and oxygen atoms in total. The van der Waals surface area contributed by atoms with Gasteiger partial charge in [-0.25, -0.2) is 9.97 Å². The molecule has 0 saturated heterocycles. The maximum Gasteiger partial charge on any atom is 0.126 e. The fourth-order valence-corrected chi connectivity index (χ4v) is 5.05. The molecular formula is C26H30N2. The average molecular weight is 371 g/mol. The fourth-order valence-electron chi connectivity index (χ4n) is 5.05. The molecular weight excluding hydrogens is 340 g/mol. The molecule has 0 atom stereocenters. The molecule has 0 unspecified atom stereocenters. The zero-order chi connectivity index (χ0) is 20.7. The molecule has 3 aromatic carbocycles. The Morgan fingerprint density at radius 1 is 0.357 bits per heavy atom. The molecule has 0 bridgehead atoms. The van der Waals surface area contributed by atoms with Crippen molar-refractivity contribution < 1.29 is 0 Å². The third kappa shape index (κ3) is 2.21. The Hall–Kier alpha value is -2.48. The summed E-state index contributed by atoms with van der Waals surface area (Å²) in [6.07, 6.45) is 0. The summed E-state index contributed by atoms with van der Waals surface area (Å²) in [6.45, 7) is 22.2. The van der Waals surface area contributed by atoms with Crippen LogP contribution in [0.5, 0.6) is 0 Å². The van der Waals surface area contributed by atoms with Crippen LogP contribution in [0.3, 0.4) is 0 Å². The van der Waals surface area contributed by atoms with Gasteiger partial charge in [-0.1, -0.05) is 0 Å². The highest BCUT2D eigenvalue weighted by Gasteiger charge is 2.22. The summed E-state index contributed by atoms with van der Waals surface area (Å²) in [5.74, 6) is 0.846. The zero-order valence-corrected chi connectivity index (χ0v) is 18.9. The summed E-state index contributed by atoms with van der Waals surface area (Å²) in [5, 5.41) is 6.64. The first-order valence-corrected chi connectivity index (χ1v) is 10.1. The molecule has 0 N–H and O–H groups in total. The van der Waals surface area contributed by atoms with Crippen LogP contribution in [0.2, 0.25) is 0 Å². The second-order valence-corrected chi connectivity index (χ2v) is 8.58. The molecule has 0 amide bonds. The van der Waals surface area contributed by atoms with Gasteiger partial charge in [0.1, 0.15) is 5.82 Å². The lowest BCUT2D eigenvalue weighted by Gasteiger charge is -2.23. The van der Waals surface area contributed by atoms with E-state index in [9.17, 15) is 0 Å². The SMILES string of the molecule is Cc1nc(C)c2c(n1)c1c(C)c(C)c(C)c(C)c1c1c(C)c(C)c(C)c(C)c21. The van der Waals surface area contributed by atoms with Crippen molar-refractivity contribution in [3.05, 3.63) is 56.0 Å². The Labute approximate surface area is 168 Å². The van der Waals surface area contributed by atoms with Crippen LogP contribution in [0.4, 0.5) is 0 Å². The third-order valence-corrected chi connectivity index (χ3v) is 7.31. The Kier molecular flexibility index (Phi) is 4.05. The molecule has 0 radical (unpaired) electrons. The predicted octanol–water partition coefficient (Wildman–Crippen LogP) is 7.02. The number of aromatic nitrogens is 2. The number of benzene rings is 3. The molecule has 2 heteroatoms. The lowest BCUT2D eigenvalue weighted by molar-refractivity contribution is 1.05. The van der Waals surface area contributed by atoms with E-state index >= 15 is 0 Å². The first kappa shape index (κ1) is 18.9. The van der Waals surface area contributed by atoms with Crippen molar-refractivity contribution >= 4 is 32.4 Å². The minimum Gasteiger partial charge on any atom is -0.238 e. The van der Waals surface area contributed by atoms with E-state index in [4.69, 9.17) is 9.97 Å². The van der Waals surface area contributed by atoms with Gasteiger partial charge in [-0.2, -0.15) is 0 Å². The van der Waals surface area contributed by atoms with Crippen molar-refractivity contribution in [2.24, 2.45) is 0 Å². The monoisotopic (exact) mass is 370 g/mol. The van der Waals surface area contributed by atoms with Gasteiger partial charge in [0.05, 0.1) is 5.52 Å². The van der Waals surface area contributed by atoms with E-state index in [1.807, 2.05) is 6.92 Å². The maximum absolute atomic E-state index is 5.00. The molecule has 144 valence electrons. The number of nitrogens with zero attached hydrogens (tertiary/aromatic N) is 2. The average Bonchev–Trinajstić information content (AvgIpc) is 2.65. The summed E-state index contributed by atoms with van der Waals surface area (Å²) in [5.41, 5.74) is 13.2. The van der Waals surface area contributed by atoms with E-state index in [1.54, 1.807) is 0 Å². The van der Waals surface area contributed by atoms with Crippen LogP contribution in [-0.2, 0) is 0 Å². The highest BCUT2D eigenvalue weighted by Crippen LogP contribution is 2.44. The summed E-state index contributed by atoms with van der Waals surface area (Å²) < 4.78 is 0. The van der Waals surface area contributed by atoms with Gasteiger partial charge in [0, 0.05) is 16.5 Å². The minimum absolute atomic E-state index is 0.846. The maximum atomic E-state index is 5.00. The van der Waals surface area contributed by atoms with Gasteiger partial charge < -0.3 is 0 Å². The summed E-state index contributed by atoms with van der Waals surface area (Å²) in [4.78, 5) is 9.76. The standard InChI is InChI=1S/C26H30N2/c1-11-12(2)17(7)23-21(15(11)5)22-16(6)13(3)14(4)18(8)24(22)26-25(23)19(9)27-20(10)28-26/h1-10H3. The molecule has 0 spiro atoms. The summed E-state index contributed by atoms with van der Waals surface area (Å²) in [7, 11) is 0. The normalized spacial score (nSPS) is 11.9. The van der Waals surface area contributed by atoms with E-state index in [0.29, 0.717) is 0 Å². The van der Waals surface area contributed by atoms with E-state index in [2.05, 4.69) is 62.3 Å². The number of aryl methyl sites for hydroxylation is 6. The van der Waals surface area contributed by atoms with Crippen LogP contribution < -0.4 is 0 Å². The summed E-state index contributed by atoms with van der Waals surface area (Å²) >= 11 is 0. The van der Waals surface area contributed by atoms with Crippen LogP contribution in [0.1, 0.15) is 56.0 Å². The molecule has 28 heavy (non-hydrogen) atoms. The van der Waals surface area contributed by atoms with Crippen LogP contribution in [0.25, 0.3) is 32.4 Å². The van der Waals surface area contributed by atoms with E-state index in [-0.39, 0.29) is 0 Å². The largest absolute Gasteiger partial charge is 0.238 e. The second-order valence-electron chi connectivity index (χ2n) is 8.58. The van der Waals surface area contributed by atoms with Crippen molar-refractivity contribution in [1.29, 1.82) is 0 Å². The van der Waals surface area contributed by atoms with Gasteiger partial charge in [-0.05, 0) is 130 Å². The highest BCUT2D eigenvalue weighted by atomic mass is 14.9. The molecule has 4 rings (SSSR count). The molecule has 0 aliphatic rings. The van der Waals surface area contributed by atoms with Gasteiger partial charge in [0.2, 0.25) is 0 Å². The van der Waals surface area contributed by atoms with Crippen molar-refractivity contribution in [1.82, 2.24) is 9.97 Å². The topological polar surface area (TPSA) is 25.8 Å². The van der Waals surface area contributed by atoms with Crippen molar-refractivity contribution in [3.8, 4) is 0 Å². The number of fused-ring (bicyclic) bond motifs is 6. The lowest BCUT2D eigenvalue weighted by Crippen LogP contribution is -2.04. The Bertz CT molecular complexity index is 1340. The number of hydrogen-bond donors (Lipinski definition) is 0.